The van der Waals surface area contributed by atoms with Gasteiger partial charge in [-0.25, -0.2) is 9.97 Å². The van der Waals surface area contributed by atoms with Crippen molar-refractivity contribution in [1.82, 2.24) is 9.97 Å². The molecule has 2 heterocycles. The maximum Gasteiger partial charge on any atom is 0.138 e. The maximum atomic E-state index is 5.37. The lowest BCUT2D eigenvalue weighted by Gasteiger charge is -2.10. The third-order valence-electron chi connectivity index (χ3n) is 2.99. The largest absolute Gasteiger partial charge is 0.380 e. The van der Waals surface area contributed by atoms with E-state index in [-0.39, 0.29) is 0 Å². The van der Waals surface area contributed by atoms with E-state index in [1.165, 1.54) is 10.9 Å². The SMILES string of the molecule is CCOCCNc1nc(C)nc2scc(CC(C)C)c12. The quantitative estimate of drug-likeness (QED) is 0.792. The monoisotopic (exact) mass is 293 g/mol. The fraction of sp³-hybridized carbons (Fsp3) is 0.600. The summed E-state index contributed by atoms with van der Waals surface area (Å²) >= 11 is 1.71. The molecule has 0 fully saturated rings. The number of thiophene rings is 1. The minimum atomic E-state index is 0.630. The summed E-state index contributed by atoms with van der Waals surface area (Å²) in [4.78, 5) is 10.2. The van der Waals surface area contributed by atoms with Crippen LogP contribution in [0.5, 0.6) is 0 Å². The lowest BCUT2D eigenvalue weighted by atomic mass is 10.0. The molecule has 2 rings (SSSR count). The van der Waals surface area contributed by atoms with Crippen LogP contribution in [0.25, 0.3) is 10.2 Å². The Kier molecular flexibility index (Phi) is 5.31. The highest BCUT2D eigenvalue weighted by Crippen LogP contribution is 2.31. The van der Waals surface area contributed by atoms with Crippen molar-refractivity contribution in [1.29, 1.82) is 0 Å². The van der Waals surface area contributed by atoms with E-state index in [9.17, 15) is 0 Å². The number of anilines is 1. The smallest absolute Gasteiger partial charge is 0.138 e. The van der Waals surface area contributed by atoms with Crippen molar-refractivity contribution in [2.75, 3.05) is 25.1 Å². The fourth-order valence-corrected chi connectivity index (χ4v) is 3.21. The second-order valence-electron chi connectivity index (χ2n) is 5.28. The fourth-order valence-electron chi connectivity index (χ4n) is 2.21. The highest BCUT2D eigenvalue weighted by molar-refractivity contribution is 7.17. The van der Waals surface area contributed by atoms with Crippen LogP contribution in [0.2, 0.25) is 0 Å². The van der Waals surface area contributed by atoms with Crippen molar-refractivity contribution in [2.45, 2.75) is 34.1 Å². The summed E-state index contributed by atoms with van der Waals surface area (Å²) in [7, 11) is 0. The first-order valence-corrected chi connectivity index (χ1v) is 8.06. The van der Waals surface area contributed by atoms with Crippen molar-refractivity contribution in [3.8, 4) is 0 Å². The van der Waals surface area contributed by atoms with Gasteiger partial charge >= 0.3 is 0 Å². The van der Waals surface area contributed by atoms with E-state index in [4.69, 9.17) is 4.74 Å². The Hall–Kier alpha value is -1.20. The van der Waals surface area contributed by atoms with Gasteiger partial charge in [0.2, 0.25) is 0 Å². The number of rotatable bonds is 7. The van der Waals surface area contributed by atoms with Crippen LogP contribution < -0.4 is 5.32 Å². The van der Waals surface area contributed by atoms with Crippen LogP contribution in [-0.2, 0) is 11.2 Å². The summed E-state index contributed by atoms with van der Waals surface area (Å²) in [5.41, 5.74) is 1.35. The van der Waals surface area contributed by atoms with E-state index in [2.05, 4.69) is 34.5 Å². The number of aryl methyl sites for hydroxylation is 1. The number of nitrogens with one attached hydrogen (secondary N) is 1. The minimum Gasteiger partial charge on any atom is -0.380 e. The molecule has 0 spiro atoms. The molecule has 20 heavy (non-hydrogen) atoms. The summed E-state index contributed by atoms with van der Waals surface area (Å²) in [6.45, 7) is 10.6. The molecule has 0 aliphatic rings. The van der Waals surface area contributed by atoms with Gasteiger partial charge in [-0.1, -0.05) is 13.8 Å². The number of hydrogen-bond acceptors (Lipinski definition) is 5. The molecule has 2 aromatic heterocycles. The molecule has 0 bridgehead atoms. The molecule has 0 aliphatic heterocycles. The number of nitrogens with zero attached hydrogens (tertiary/aromatic N) is 2. The van der Waals surface area contributed by atoms with Crippen molar-refractivity contribution in [3.63, 3.8) is 0 Å². The average molecular weight is 293 g/mol. The van der Waals surface area contributed by atoms with Crippen LogP contribution >= 0.6 is 11.3 Å². The first-order valence-electron chi connectivity index (χ1n) is 7.18. The molecule has 0 saturated heterocycles. The third-order valence-corrected chi connectivity index (χ3v) is 3.91. The highest BCUT2D eigenvalue weighted by Gasteiger charge is 2.13. The number of aromatic nitrogens is 2. The van der Waals surface area contributed by atoms with E-state index < -0.39 is 0 Å². The van der Waals surface area contributed by atoms with Crippen LogP contribution in [0.1, 0.15) is 32.2 Å². The average Bonchev–Trinajstić information content (AvgIpc) is 2.76. The van der Waals surface area contributed by atoms with Gasteiger partial charge in [-0.15, -0.1) is 11.3 Å². The second-order valence-corrected chi connectivity index (χ2v) is 6.14. The summed E-state index contributed by atoms with van der Waals surface area (Å²) in [6.07, 6.45) is 1.06. The zero-order valence-corrected chi connectivity index (χ0v) is 13.5. The standard InChI is InChI=1S/C15H23N3OS/c1-5-19-7-6-16-14-13-12(8-10(2)3)9-20-15(13)18-11(4)17-14/h9-10H,5-8H2,1-4H3,(H,16,17,18). The second kappa shape index (κ2) is 6.99. The molecule has 0 aromatic carbocycles. The minimum absolute atomic E-state index is 0.630. The van der Waals surface area contributed by atoms with Crippen LogP contribution in [0.15, 0.2) is 5.38 Å². The van der Waals surface area contributed by atoms with Gasteiger partial charge in [0.05, 0.1) is 12.0 Å². The van der Waals surface area contributed by atoms with Crippen LogP contribution in [0.3, 0.4) is 0 Å². The molecule has 0 saturated carbocycles. The van der Waals surface area contributed by atoms with E-state index in [1.54, 1.807) is 11.3 Å². The molecule has 110 valence electrons. The molecule has 1 N–H and O–H groups in total. The Balaban J connectivity index is 2.27. The number of ether oxygens (including phenoxy) is 1. The lowest BCUT2D eigenvalue weighted by Crippen LogP contribution is -2.11. The van der Waals surface area contributed by atoms with Crippen LogP contribution in [0.4, 0.5) is 5.82 Å². The maximum absolute atomic E-state index is 5.37. The molecule has 0 aliphatic carbocycles. The van der Waals surface area contributed by atoms with E-state index in [0.717, 1.165) is 36.0 Å². The topological polar surface area (TPSA) is 47.0 Å². The molecule has 0 atom stereocenters. The van der Waals surface area contributed by atoms with Crippen molar-refractivity contribution >= 4 is 27.4 Å². The van der Waals surface area contributed by atoms with Gasteiger partial charge in [-0.2, -0.15) is 0 Å². The molecule has 5 heteroatoms. The van der Waals surface area contributed by atoms with Gasteiger partial charge in [-0.05, 0) is 37.1 Å². The van der Waals surface area contributed by atoms with Crippen molar-refractivity contribution < 1.29 is 4.74 Å². The third kappa shape index (κ3) is 3.67. The first kappa shape index (κ1) is 15.2. The molecule has 0 radical (unpaired) electrons. The van der Waals surface area contributed by atoms with Gasteiger partial charge in [0.25, 0.3) is 0 Å². The number of hydrogen-bond donors (Lipinski definition) is 1. The highest BCUT2D eigenvalue weighted by atomic mass is 32.1. The first-order chi connectivity index (χ1) is 9.61. The molecule has 2 aromatic rings. The summed E-state index contributed by atoms with van der Waals surface area (Å²) in [5, 5.41) is 6.79. The van der Waals surface area contributed by atoms with E-state index in [0.29, 0.717) is 12.5 Å². The number of fused-ring (bicyclic) bond motifs is 1. The molecule has 0 unspecified atom stereocenters. The van der Waals surface area contributed by atoms with Gasteiger partial charge in [0, 0.05) is 13.2 Å². The predicted octanol–water partition coefficient (Wildman–Crippen LogP) is 3.65. The van der Waals surface area contributed by atoms with E-state index in [1.807, 2.05) is 13.8 Å². The molecular weight excluding hydrogens is 270 g/mol. The van der Waals surface area contributed by atoms with Gasteiger partial charge in [0.1, 0.15) is 16.5 Å². The zero-order chi connectivity index (χ0) is 14.5. The Labute approximate surface area is 124 Å². The van der Waals surface area contributed by atoms with Crippen molar-refractivity contribution in [3.05, 3.63) is 16.8 Å². The Morgan fingerprint density at radius 1 is 1.35 bits per heavy atom. The van der Waals surface area contributed by atoms with Crippen LogP contribution in [-0.4, -0.2) is 29.7 Å². The normalized spacial score (nSPS) is 11.4. The van der Waals surface area contributed by atoms with E-state index >= 15 is 0 Å². The summed E-state index contributed by atoms with van der Waals surface area (Å²) in [5.74, 6) is 2.39. The Bertz CT molecular complexity index is 565. The van der Waals surface area contributed by atoms with Gasteiger partial charge in [-0.3, -0.25) is 0 Å². The summed E-state index contributed by atoms with van der Waals surface area (Å²) in [6, 6.07) is 0. The Morgan fingerprint density at radius 2 is 2.15 bits per heavy atom. The van der Waals surface area contributed by atoms with Gasteiger partial charge < -0.3 is 10.1 Å². The predicted molar refractivity (Wildman–Crippen MR) is 85.7 cm³/mol. The molecule has 4 nitrogen and oxygen atoms in total. The lowest BCUT2D eigenvalue weighted by molar-refractivity contribution is 0.158. The Morgan fingerprint density at radius 3 is 2.85 bits per heavy atom. The zero-order valence-electron chi connectivity index (χ0n) is 12.7. The summed E-state index contributed by atoms with van der Waals surface area (Å²) < 4.78 is 5.37. The molecular formula is C15H23N3OS. The van der Waals surface area contributed by atoms with Crippen molar-refractivity contribution in [2.24, 2.45) is 5.92 Å². The van der Waals surface area contributed by atoms with Crippen LogP contribution in [0, 0.1) is 12.8 Å². The molecule has 0 amide bonds. The van der Waals surface area contributed by atoms with Gasteiger partial charge in [0.15, 0.2) is 0 Å².